The van der Waals surface area contributed by atoms with Gasteiger partial charge in [-0.05, 0) is 42.5 Å². The van der Waals surface area contributed by atoms with Crippen molar-refractivity contribution in [1.82, 2.24) is 0 Å². The predicted molar refractivity (Wildman–Crippen MR) is 101 cm³/mol. The second kappa shape index (κ2) is 8.03. The van der Waals surface area contributed by atoms with Crippen LogP contribution in [0, 0.1) is 0 Å². The molecule has 3 aromatic carbocycles. The SMILES string of the molecule is COc1ccccc1/C=C/C(=O)c1cccc(Oc2cccc(O)c2)c1. The predicted octanol–water partition coefficient (Wildman–Crippen LogP) is 5.09. The average molecular weight is 346 g/mol. The van der Waals surface area contributed by atoms with E-state index in [1.807, 2.05) is 24.3 Å². The highest BCUT2D eigenvalue weighted by atomic mass is 16.5. The molecular formula is C22H18O4. The van der Waals surface area contributed by atoms with Crippen molar-refractivity contribution in [3.05, 3.63) is 90.0 Å². The number of phenolic OH excluding ortho intramolecular Hbond substituents is 1. The molecule has 0 heterocycles. The molecule has 0 aromatic heterocycles. The standard InChI is InChI=1S/C22H18O4/c1-25-22-11-3-2-6-16(22)12-13-21(24)17-7-4-9-19(14-17)26-20-10-5-8-18(23)15-20/h2-15,23H,1H3/b13-12+. The number of aromatic hydroxyl groups is 1. The Morgan fingerprint density at radius 1 is 0.923 bits per heavy atom. The van der Waals surface area contributed by atoms with Crippen LogP contribution >= 0.6 is 0 Å². The van der Waals surface area contributed by atoms with E-state index in [-0.39, 0.29) is 11.5 Å². The molecule has 0 spiro atoms. The first-order valence-corrected chi connectivity index (χ1v) is 8.08. The molecule has 0 atom stereocenters. The maximum atomic E-state index is 12.5. The second-order valence-electron chi connectivity index (χ2n) is 5.57. The lowest BCUT2D eigenvalue weighted by Gasteiger charge is -2.07. The molecule has 0 saturated carbocycles. The summed E-state index contributed by atoms with van der Waals surface area (Å²) < 4.78 is 11.0. The van der Waals surface area contributed by atoms with Crippen molar-refractivity contribution in [2.75, 3.05) is 7.11 Å². The van der Waals surface area contributed by atoms with Crippen LogP contribution in [0.15, 0.2) is 78.9 Å². The number of para-hydroxylation sites is 1. The van der Waals surface area contributed by atoms with E-state index in [9.17, 15) is 9.90 Å². The third kappa shape index (κ3) is 4.30. The van der Waals surface area contributed by atoms with Gasteiger partial charge < -0.3 is 14.6 Å². The van der Waals surface area contributed by atoms with Crippen molar-refractivity contribution in [3.63, 3.8) is 0 Å². The fourth-order valence-corrected chi connectivity index (χ4v) is 2.46. The van der Waals surface area contributed by atoms with Crippen molar-refractivity contribution in [2.45, 2.75) is 0 Å². The Kier molecular flexibility index (Phi) is 5.34. The van der Waals surface area contributed by atoms with Crippen LogP contribution in [0.4, 0.5) is 0 Å². The van der Waals surface area contributed by atoms with Gasteiger partial charge in [0.2, 0.25) is 0 Å². The molecule has 0 aliphatic carbocycles. The topological polar surface area (TPSA) is 55.8 Å². The van der Waals surface area contributed by atoms with Crippen molar-refractivity contribution < 1.29 is 19.4 Å². The summed E-state index contributed by atoms with van der Waals surface area (Å²) in [6, 6.07) is 20.9. The molecule has 1 N–H and O–H groups in total. The Labute approximate surface area is 151 Å². The van der Waals surface area contributed by atoms with Crippen LogP contribution in [0.5, 0.6) is 23.0 Å². The molecule has 4 nitrogen and oxygen atoms in total. The van der Waals surface area contributed by atoms with Gasteiger partial charge in [0.25, 0.3) is 0 Å². The number of methoxy groups -OCH3 is 1. The molecule has 0 aliphatic rings. The summed E-state index contributed by atoms with van der Waals surface area (Å²) in [5.41, 5.74) is 1.34. The molecule has 0 aliphatic heterocycles. The number of carbonyl (C=O) groups excluding carboxylic acids is 1. The molecule has 3 rings (SSSR count). The minimum Gasteiger partial charge on any atom is -0.508 e. The Balaban J connectivity index is 1.77. The number of hydrogen-bond acceptors (Lipinski definition) is 4. The maximum Gasteiger partial charge on any atom is 0.185 e. The third-order valence-corrected chi connectivity index (χ3v) is 3.73. The van der Waals surface area contributed by atoms with Gasteiger partial charge in [-0.15, -0.1) is 0 Å². The van der Waals surface area contributed by atoms with E-state index in [2.05, 4.69) is 0 Å². The molecule has 3 aromatic rings. The van der Waals surface area contributed by atoms with Gasteiger partial charge in [0.1, 0.15) is 23.0 Å². The number of ether oxygens (including phenoxy) is 2. The van der Waals surface area contributed by atoms with E-state index >= 15 is 0 Å². The number of rotatable bonds is 6. The maximum absolute atomic E-state index is 12.5. The Morgan fingerprint density at radius 2 is 1.65 bits per heavy atom. The normalized spacial score (nSPS) is 10.7. The number of carbonyl (C=O) groups is 1. The summed E-state index contributed by atoms with van der Waals surface area (Å²) in [5, 5.41) is 9.50. The first kappa shape index (κ1) is 17.3. The van der Waals surface area contributed by atoms with Gasteiger partial charge in [0.05, 0.1) is 7.11 Å². The van der Waals surface area contributed by atoms with Crippen LogP contribution in [0.2, 0.25) is 0 Å². The van der Waals surface area contributed by atoms with E-state index in [1.54, 1.807) is 55.7 Å². The smallest absolute Gasteiger partial charge is 0.185 e. The quantitative estimate of drug-likeness (QED) is 0.499. The van der Waals surface area contributed by atoms with E-state index in [4.69, 9.17) is 9.47 Å². The van der Waals surface area contributed by atoms with Gasteiger partial charge in [-0.1, -0.05) is 36.4 Å². The third-order valence-electron chi connectivity index (χ3n) is 3.73. The zero-order valence-electron chi connectivity index (χ0n) is 14.3. The number of phenols is 1. The highest BCUT2D eigenvalue weighted by Crippen LogP contribution is 2.25. The van der Waals surface area contributed by atoms with Gasteiger partial charge >= 0.3 is 0 Å². The molecule has 26 heavy (non-hydrogen) atoms. The van der Waals surface area contributed by atoms with Crippen LogP contribution < -0.4 is 9.47 Å². The van der Waals surface area contributed by atoms with Crippen molar-refractivity contribution in [1.29, 1.82) is 0 Å². The van der Waals surface area contributed by atoms with Crippen molar-refractivity contribution in [3.8, 4) is 23.0 Å². The molecule has 0 unspecified atom stereocenters. The lowest BCUT2D eigenvalue weighted by atomic mass is 10.1. The number of allylic oxidation sites excluding steroid dienone is 1. The van der Waals surface area contributed by atoms with Crippen molar-refractivity contribution >= 4 is 11.9 Å². The lowest BCUT2D eigenvalue weighted by Crippen LogP contribution is -1.95. The summed E-state index contributed by atoms with van der Waals surface area (Å²) >= 11 is 0. The lowest BCUT2D eigenvalue weighted by molar-refractivity contribution is 0.104. The summed E-state index contributed by atoms with van der Waals surface area (Å²) in [7, 11) is 1.59. The minimum atomic E-state index is -0.141. The highest BCUT2D eigenvalue weighted by molar-refractivity contribution is 6.07. The monoisotopic (exact) mass is 346 g/mol. The highest BCUT2D eigenvalue weighted by Gasteiger charge is 2.06. The molecule has 0 bridgehead atoms. The molecule has 130 valence electrons. The summed E-state index contributed by atoms with van der Waals surface area (Å²) in [4.78, 5) is 12.5. The molecule has 0 saturated heterocycles. The molecule has 0 fully saturated rings. The fourth-order valence-electron chi connectivity index (χ4n) is 2.46. The molecule has 0 amide bonds. The summed E-state index contributed by atoms with van der Waals surface area (Å²) in [5.74, 6) is 1.70. The Morgan fingerprint density at radius 3 is 2.42 bits per heavy atom. The average Bonchev–Trinajstić information content (AvgIpc) is 2.66. The summed E-state index contributed by atoms with van der Waals surface area (Å²) in [6.45, 7) is 0. The van der Waals surface area contributed by atoms with Crippen LogP contribution in [-0.4, -0.2) is 18.0 Å². The Hall–Kier alpha value is -3.53. The molecule has 0 radical (unpaired) electrons. The van der Waals surface area contributed by atoms with E-state index in [1.165, 1.54) is 12.1 Å². The van der Waals surface area contributed by atoms with Crippen LogP contribution in [0.25, 0.3) is 6.08 Å². The van der Waals surface area contributed by atoms with Gasteiger partial charge in [0, 0.05) is 17.2 Å². The first-order valence-electron chi connectivity index (χ1n) is 8.08. The minimum absolute atomic E-state index is 0.120. The van der Waals surface area contributed by atoms with Gasteiger partial charge in [-0.25, -0.2) is 0 Å². The van der Waals surface area contributed by atoms with Crippen LogP contribution in [-0.2, 0) is 0 Å². The molecular weight excluding hydrogens is 328 g/mol. The zero-order valence-corrected chi connectivity index (χ0v) is 14.3. The number of ketones is 1. The van der Waals surface area contributed by atoms with E-state index in [0.717, 1.165) is 5.56 Å². The van der Waals surface area contributed by atoms with Crippen LogP contribution in [0.3, 0.4) is 0 Å². The van der Waals surface area contributed by atoms with Gasteiger partial charge in [0.15, 0.2) is 5.78 Å². The van der Waals surface area contributed by atoms with Gasteiger partial charge in [-0.2, -0.15) is 0 Å². The second-order valence-corrected chi connectivity index (χ2v) is 5.57. The van der Waals surface area contributed by atoms with E-state index < -0.39 is 0 Å². The van der Waals surface area contributed by atoms with Gasteiger partial charge in [-0.3, -0.25) is 4.79 Å². The largest absolute Gasteiger partial charge is 0.508 e. The van der Waals surface area contributed by atoms with Crippen LogP contribution in [0.1, 0.15) is 15.9 Å². The Bertz CT molecular complexity index is 944. The van der Waals surface area contributed by atoms with Crippen molar-refractivity contribution in [2.24, 2.45) is 0 Å². The fraction of sp³-hybridized carbons (Fsp3) is 0.0455. The molecule has 4 heteroatoms. The zero-order chi connectivity index (χ0) is 18.4. The first-order chi connectivity index (χ1) is 12.7. The number of hydrogen-bond donors (Lipinski definition) is 1. The summed E-state index contributed by atoms with van der Waals surface area (Å²) in [6.07, 6.45) is 3.23. The van der Waals surface area contributed by atoms with E-state index in [0.29, 0.717) is 22.8 Å². The number of benzene rings is 3.